The van der Waals surface area contributed by atoms with Crippen molar-refractivity contribution in [1.29, 1.82) is 0 Å². The Balaban J connectivity index is 0.000000239. The topological polar surface area (TPSA) is 77.0 Å². The molecule has 1 aliphatic carbocycles. The monoisotopic (exact) mass is 564 g/mol. The lowest BCUT2D eigenvalue weighted by atomic mass is 9.87. The standard InChI is InChI=1S/C24H21NO3.C11H7NO.FH.H2/c1-15-6-4-10-20-19-13-12-17(14-22(19)28-23(15)20)27-24(26)25-21-11-5-8-16-7-2-3-9-18(16)21;13-8-12-11-7-3-5-9-4-1-2-6-10(9)11;;/h2-13,17,19,22H,14H2,1H3,(H,25,26);1-7H;2*1H/t17-,19-,22-;;;/m0.../s1/i;;;1+2. The van der Waals surface area contributed by atoms with Crippen molar-refractivity contribution in [1.82, 2.24) is 0 Å². The van der Waals surface area contributed by atoms with Gasteiger partial charge in [0.05, 0.1) is 11.4 Å². The van der Waals surface area contributed by atoms with Gasteiger partial charge in [-0.15, -0.1) is 0 Å². The number of fused-ring (bicyclic) bond motifs is 5. The Labute approximate surface area is 244 Å². The average Bonchev–Trinajstić information content (AvgIpc) is 3.37. The number of aryl methyl sites for hydroxylation is 1. The fraction of sp³-hybridized carbons (Fsp3) is 0.143. The van der Waals surface area contributed by atoms with Gasteiger partial charge in [0.2, 0.25) is 6.08 Å². The lowest BCUT2D eigenvalue weighted by molar-refractivity contribution is 0.0903. The molecule has 6 nitrogen and oxygen atoms in total. The van der Waals surface area contributed by atoms with Gasteiger partial charge in [0.15, 0.2) is 0 Å². The third-order valence-corrected chi connectivity index (χ3v) is 7.49. The van der Waals surface area contributed by atoms with E-state index in [1.54, 1.807) is 12.1 Å². The second kappa shape index (κ2) is 12.5. The number of nitrogens with one attached hydrogen (secondary N) is 1. The van der Waals surface area contributed by atoms with Gasteiger partial charge < -0.3 is 9.47 Å². The van der Waals surface area contributed by atoms with E-state index in [1.165, 1.54) is 5.56 Å². The molecule has 3 atom stereocenters. The van der Waals surface area contributed by atoms with E-state index in [9.17, 15) is 9.59 Å². The molecule has 0 radical (unpaired) electrons. The summed E-state index contributed by atoms with van der Waals surface area (Å²) in [4.78, 5) is 26.2. The normalized spacial score (nSPS) is 17.8. The minimum absolute atomic E-state index is 0. The predicted octanol–water partition coefficient (Wildman–Crippen LogP) is 8.78. The van der Waals surface area contributed by atoms with Crippen LogP contribution in [0.2, 0.25) is 0 Å². The molecule has 1 N–H and O–H groups in total. The predicted molar refractivity (Wildman–Crippen MR) is 166 cm³/mol. The van der Waals surface area contributed by atoms with Gasteiger partial charge in [0.25, 0.3) is 0 Å². The van der Waals surface area contributed by atoms with Crippen molar-refractivity contribution in [3.05, 3.63) is 126 Å². The number of nitrogens with zero attached hydrogens (tertiary/aromatic N) is 1. The molecule has 0 unspecified atom stereocenters. The van der Waals surface area contributed by atoms with Gasteiger partial charge >= 0.3 is 6.09 Å². The van der Waals surface area contributed by atoms with Crippen LogP contribution in [0.5, 0.6) is 5.75 Å². The van der Waals surface area contributed by atoms with Gasteiger partial charge in [-0.25, -0.2) is 9.59 Å². The van der Waals surface area contributed by atoms with Crippen LogP contribution in [0.4, 0.5) is 20.9 Å². The number of amides is 1. The molecule has 1 amide bonds. The Kier molecular flexibility index (Phi) is 8.42. The Bertz CT molecular complexity index is 1830. The maximum absolute atomic E-state index is 12.5. The number of aliphatic imine (C=N–C) groups is 1. The minimum atomic E-state index is -0.448. The molecule has 1 aliphatic heterocycles. The number of carbonyl (C=O) groups is 1. The van der Waals surface area contributed by atoms with E-state index in [4.69, 9.17) is 9.47 Å². The Morgan fingerprint density at radius 1 is 0.881 bits per heavy atom. The van der Waals surface area contributed by atoms with Crippen molar-refractivity contribution in [2.75, 3.05) is 5.32 Å². The number of halogens is 1. The van der Waals surface area contributed by atoms with E-state index in [0.717, 1.165) is 38.5 Å². The molecule has 42 heavy (non-hydrogen) atoms. The minimum Gasteiger partial charge on any atom is -0.489 e. The highest BCUT2D eigenvalue weighted by Gasteiger charge is 2.38. The van der Waals surface area contributed by atoms with Gasteiger partial charge in [0, 0.05) is 30.1 Å². The first-order valence-electron chi connectivity index (χ1n) is 13.6. The summed E-state index contributed by atoms with van der Waals surface area (Å²) in [5.74, 6) is 1.21. The molecule has 5 aromatic rings. The molecular weight excluding hydrogens is 531 g/mol. The summed E-state index contributed by atoms with van der Waals surface area (Å²) in [6.45, 7) is 2.06. The van der Waals surface area contributed by atoms with Crippen molar-refractivity contribution in [2.45, 2.75) is 31.5 Å². The third kappa shape index (κ3) is 5.78. The first-order chi connectivity index (χ1) is 20.1. The fourth-order valence-corrected chi connectivity index (χ4v) is 5.55. The van der Waals surface area contributed by atoms with Gasteiger partial charge in [-0.1, -0.05) is 97.1 Å². The van der Waals surface area contributed by atoms with Gasteiger partial charge in [-0.3, -0.25) is 10.0 Å². The Hall–Kier alpha value is -5.26. The molecule has 7 heteroatoms. The van der Waals surface area contributed by atoms with E-state index in [2.05, 4.69) is 41.5 Å². The van der Waals surface area contributed by atoms with Crippen molar-refractivity contribution in [2.24, 2.45) is 4.99 Å². The lowest BCUT2D eigenvalue weighted by Crippen LogP contribution is -2.31. The molecule has 212 valence electrons. The van der Waals surface area contributed by atoms with E-state index >= 15 is 0 Å². The maximum atomic E-state index is 12.5. The van der Waals surface area contributed by atoms with E-state index in [0.29, 0.717) is 12.1 Å². The number of carbonyl (C=O) groups excluding carboxylic acids is 2. The fourth-order valence-electron chi connectivity index (χ4n) is 5.55. The van der Waals surface area contributed by atoms with Crippen molar-refractivity contribution < 1.29 is 25.2 Å². The molecular formula is C35H31FN2O4. The number of para-hydroxylation sites is 1. The van der Waals surface area contributed by atoms with Crippen molar-refractivity contribution in [3.63, 3.8) is 0 Å². The second-order valence-corrected chi connectivity index (χ2v) is 10.1. The average molecular weight is 565 g/mol. The zero-order valence-corrected chi connectivity index (χ0v) is 22.9. The van der Waals surface area contributed by atoms with Crippen LogP contribution in [0.25, 0.3) is 21.5 Å². The zero-order valence-electron chi connectivity index (χ0n) is 22.9. The van der Waals surface area contributed by atoms with E-state index < -0.39 is 6.09 Å². The third-order valence-electron chi connectivity index (χ3n) is 7.49. The molecule has 0 spiro atoms. The van der Waals surface area contributed by atoms with Gasteiger partial charge in [0.1, 0.15) is 18.0 Å². The van der Waals surface area contributed by atoms with Crippen molar-refractivity contribution >= 4 is 45.1 Å². The van der Waals surface area contributed by atoms with Gasteiger partial charge in [-0.2, -0.15) is 4.99 Å². The summed E-state index contributed by atoms with van der Waals surface area (Å²) in [5, 5.41) is 7.01. The highest BCUT2D eigenvalue weighted by atomic mass is 19.0. The summed E-state index contributed by atoms with van der Waals surface area (Å²) in [5.41, 5.74) is 3.79. The van der Waals surface area contributed by atoms with Crippen LogP contribution in [0.15, 0.2) is 120 Å². The SMILES string of the molecule is Cc1cccc2c1O[C@H]1C[C@@H](OC(=O)Nc3cccc4ccccc34)C=C[C@@H]21.F.O=C=Nc1cccc2ccccc12.[3HH]. The van der Waals surface area contributed by atoms with Crippen LogP contribution in [0, 0.1) is 6.92 Å². The quantitative estimate of drug-likeness (QED) is 0.135. The van der Waals surface area contributed by atoms with Gasteiger partial charge in [-0.05, 0) is 41.5 Å². The first-order valence-corrected chi connectivity index (χ1v) is 13.6. The van der Waals surface area contributed by atoms with Crippen molar-refractivity contribution in [3.8, 4) is 5.75 Å². The molecule has 0 bridgehead atoms. The molecule has 2 aliphatic rings. The maximum Gasteiger partial charge on any atom is 0.412 e. The molecule has 7 rings (SSSR count). The Morgan fingerprint density at radius 2 is 1.55 bits per heavy atom. The number of ether oxygens (including phenoxy) is 2. The van der Waals surface area contributed by atoms with Crippen LogP contribution in [-0.4, -0.2) is 24.4 Å². The van der Waals surface area contributed by atoms with E-state index in [1.807, 2.05) is 84.9 Å². The molecule has 1 heterocycles. The number of rotatable bonds is 3. The highest BCUT2D eigenvalue weighted by Crippen LogP contribution is 2.44. The molecule has 5 aromatic carbocycles. The number of benzene rings is 5. The molecule has 0 saturated carbocycles. The van der Waals surface area contributed by atoms with Crippen LogP contribution in [0.3, 0.4) is 0 Å². The summed E-state index contributed by atoms with van der Waals surface area (Å²) < 4.78 is 11.8. The lowest BCUT2D eigenvalue weighted by Gasteiger charge is -2.26. The van der Waals surface area contributed by atoms with Crippen LogP contribution >= 0.6 is 0 Å². The second-order valence-electron chi connectivity index (χ2n) is 10.1. The molecule has 0 saturated heterocycles. The summed E-state index contributed by atoms with van der Waals surface area (Å²) >= 11 is 0. The number of hydrogen-bond acceptors (Lipinski definition) is 5. The molecule has 0 aromatic heterocycles. The number of isocyanates is 1. The van der Waals surface area contributed by atoms with Crippen LogP contribution in [-0.2, 0) is 9.53 Å². The Morgan fingerprint density at radius 3 is 2.33 bits per heavy atom. The van der Waals surface area contributed by atoms with Crippen LogP contribution < -0.4 is 10.1 Å². The summed E-state index contributed by atoms with van der Waals surface area (Å²) in [6, 6.07) is 33.5. The number of anilines is 1. The van der Waals surface area contributed by atoms with Crippen LogP contribution in [0.1, 0.15) is 24.9 Å². The summed E-state index contributed by atoms with van der Waals surface area (Å²) in [6.07, 6.45) is 5.55. The highest BCUT2D eigenvalue weighted by molar-refractivity contribution is 6.00. The number of hydrogen-bond donors (Lipinski definition) is 1. The summed E-state index contributed by atoms with van der Waals surface area (Å²) in [7, 11) is 0. The largest absolute Gasteiger partial charge is 0.489 e. The molecule has 0 fully saturated rings. The zero-order chi connectivity index (χ0) is 28.2. The smallest absolute Gasteiger partial charge is 0.412 e. The first kappa shape index (κ1) is 28.3. The van der Waals surface area contributed by atoms with E-state index in [-0.39, 0.29) is 24.3 Å².